The Kier molecular flexibility index (Phi) is 12.7. The van der Waals surface area contributed by atoms with Crippen LogP contribution in [0.1, 0.15) is 29.7 Å². The van der Waals surface area contributed by atoms with Gasteiger partial charge in [0.2, 0.25) is 30.4 Å². The Morgan fingerprint density at radius 2 is 1.62 bits per heavy atom. The van der Waals surface area contributed by atoms with Crippen molar-refractivity contribution in [1.29, 1.82) is 0 Å². The van der Waals surface area contributed by atoms with Crippen LogP contribution >= 0.6 is 0 Å². The van der Waals surface area contributed by atoms with E-state index in [9.17, 15) is 19.2 Å². The molecule has 4 rings (SSSR count). The molecule has 3 atom stereocenters. The Balaban J connectivity index is 1.45. The van der Waals surface area contributed by atoms with Crippen molar-refractivity contribution in [3.63, 3.8) is 0 Å². The van der Waals surface area contributed by atoms with Crippen LogP contribution in [-0.2, 0) is 32.0 Å². The second-order valence-electron chi connectivity index (χ2n) is 10.8. The number of amides is 4. The number of imidazole rings is 1. The molecule has 10 N–H and O–H groups in total. The predicted octanol–water partition coefficient (Wildman–Crippen LogP) is 0.187. The van der Waals surface area contributed by atoms with Gasteiger partial charge in [-0.3, -0.25) is 24.2 Å². The molecule has 1 aromatic heterocycles. The van der Waals surface area contributed by atoms with E-state index < -0.39 is 41.8 Å². The molecule has 0 bridgehead atoms. The van der Waals surface area contributed by atoms with Crippen molar-refractivity contribution in [2.45, 2.75) is 43.8 Å². The normalized spacial score (nSPS) is 13.8. The summed E-state index contributed by atoms with van der Waals surface area (Å²) in [7, 11) is 0. The number of aliphatic imine (C=N–C) groups is 1. The summed E-state index contributed by atoms with van der Waals surface area (Å²) in [4.78, 5) is 63.1. The molecular formula is C33H39N9O6. The summed E-state index contributed by atoms with van der Waals surface area (Å²) >= 11 is 0. The van der Waals surface area contributed by atoms with Crippen molar-refractivity contribution < 1.29 is 28.7 Å². The number of H-pyrrole nitrogens is 1. The van der Waals surface area contributed by atoms with Gasteiger partial charge in [-0.1, -0.05) is 54.6 Å². The molecule has 0 spiro atoms. The van der Waals surface area contributed by atoms with Gasteiger partial charge in [-0.05, 0) is 36.1 Å². The van der Waals surface area contributed by atoms with Crippen molar-refractivity contribution in [3.8, 4) is 11.5 Å². The summed E-state index contributed by atoms with van der Waals surface area (Å²) in [5.41, 5.74) is 18.5. The number of aromatic nitrogens is 2. The Hall–Kier alpha value is -6.12. The van der Waals surface area contributed by atoms with Crippen molar-refractivity contribution in [2.24, 2.45) is 22.2 Å². The largest absolute Gasteiger partial charge is 0.454 e. The number of nitrogens with zero attached hydrogens (tertiary/aromatic N) is 2. The predicted molar refractivity (Wildman–Crippen MR) is 178 cm³/mol. The van der Waals surface area contributed by atoms with Crippen molar-refractivity contribution in [1.82, 2.24) is 25.9 Å². The Morgan fingerprint density at radius 1 is 0.896 bits per heavy atom. The third-order valence-corrected chi connectivity index (χ3v) is 7.18. The molecule has 0 radical (unpaired) electrons. The summed E-state index contributed by atoms with van der Waals surface area (Å²) in [6.45, 7) is 0.410. The molecule has 48 heavy (non-hydrogen) atoms. The van der Waals surface area contributed by atoms with Gasteiger partial charge in [0.25, 0.3) is 0 Å². The first-order valence-corrected chi connectivity index (χ1v) is 15.2. The smallest absolute Gasteiger partial charge is 0.244 e. The molecule has 252 valence electrons. The molecule has 0 aliphatic carbocycles. The number of nitrogens with one attached hydrogen (secondary N) is 4. The van der Waals surface area contributed by atoms with Crippen molar-refractivity contribution in [2.75, 3.05) is 13.3 Å². The van der Waals surface area contributed by atoms with E-state index in [-0.39, 0.29) is 38.6 Å². The van der Waals surface area contributed by atoms with Crippen LogP contribution in [0, 0.1) is 0 Å². The van der Waals surface area contributed by atoms with Gasteiger partial charge in [0.05, 0.1) is 6.33 Å². The minimum atomic E-state index is -1.11. The Labute approximate surface area is 277 Å². The number of nitrogens with two attached hydrogens (primary N) is 3. The van der Waals surface area contributed by atoms with Crippen LogP contribution in [0.15, 0.2) is 84.3 Å². The lowest BCUT2D eigenvalue weighted by atomic mass is 10.0. The van der Waals surface area contributed by atoms with Gasteiger partial charge in [-0.15, -0.1) is 0 Å². The molecule has 0 saturated carbocycles. The highest BCUT2D eigenvalue weighted by Gasteiger charge is 2.29. The highest BCUT2D eigenvalue weighted by molar-refractivity contribution is 5.96. The van der Waals surface area contributed by atoms with E-state index in [0.717, 1.165) is 11.1 Å². The summed E-state index contributed by atoms with van der Waals surface area (Å²) in [5.74, 6) is -1.33. The Bertz CT molecular complexity index is 1640. The maximum absolute atomic E-state index is 13.7. The van der Waals surface area contributed by atoms with Gasteiger partial charge < -0.3 is 47.6 Å². The number of ether oxygens (including phenoxy) is 2. The van der Waals surface area contributed by atoms with E-state index in [2.05, 4.69) is 30.9 Å². The van der Waals surface area contributed by atoms with Crippen molar-refractivity contribution >= 4 is 35.7 Å². The molecular weight excluding hydrogens is 618 g/mol. The number of carbonyl (C=O) groups is 4. The quantitative estimate of drug-likeness (QED) is 0.0344. The first kappa shape index (κ1) is 34.7. The third-order valence-electron chi connectivity index (χ3n) is 7.18. The molecule has 4 amide bonds. The van der Waals surface area contributed by atoms with E-state index in [0.29, 0.717) is 23.6 Å². The fourth-order valence-corrected chi connectivity index (χ4v) is 4.76. The molecule has 15 nitrogen and oxygen atoms in total. The number of fused-ring (bicyclic) bond motifs is 1. The molecule has 0 fully saturated rings. The van der Waals surface area contributed by atoms with Crippen LogP contribution in [0.5, 0.6) is 11.5 Å². The number of rotatable bonds is 17. The zero-order valence-corrected chi connectivity index (χ0v) is 26.1. The minimum absolute atomic E-state index is 0.0623. The van der Waals surface area contributed by atoms with Gasteiger partial charge in [0.1, 0.15) is 18.1 Å². The second kappa shape index (κ2) is 17.5. The van der Waals surface area contributed by atoms with Crippen LogP contribution in [0.25, 0.3) is 6.08 Å². The summed E-state index contributed by atoms with van der Waals surface area (Å²) in [5, 5.41) is 8.10. The average molecular weight is 658 g/mol. The number of carbonyl (C=O) groups excluding carboxylic acids is 4. The maximum atomic E-state index is 13.7. The Morgan fingerprint density at radius 3 is 2.33 bits per heavy atom. The monoisotopic (exact) mass is 657 g/mol. The fraction of sp³-hybridized carbons (Fsp3) is 0.273. The highest BCUT2D eigenvalue weighted by Crippen LogP contribution is 2.32. The fourth-order valence-electron chi connectivity index (χ4n) is 4.76. The van der Waals surface area contributed by atoms with Gasteiger partial charge in [0, 0.05) is 37.4 Å². The van der Waals surface area contributed by atoms with Crippen LogP contribution in [0.2, 0.25) is 0 Å². The van der Waals surface area contributed by atoms with E-state index in [4.69, 9.17) is 26.7 Å². The maximum Gasteiger partial charge on any atom is 0.244 e. The standard InChI is InChI=1S/C33H39N9O6/c34-30(44)24(10-6-14-38-33(35)36)41-31(45)25(15-21-7-2-1-3-8-21)42-32(46)26(17-23-18-37-19-39-23)40-29(43)11-5-4-9-22-12-13-27-28(16-22)48-20-47-27/h1-5,7-9,11-13,16,18-19,24-26H,6,10,14-15,17,20H2,(H2,34,44)(H,37,39)(H,40,43)(H,41,45)(H,42,46)(H4,35,36,38)/b9-4+,11-5+/t24-,25-,26+/m1/s1. The SMILES string of the molecule is NC(=O)[C@@H](CCCN=C(N)N)NC(=O)[C@@H](Cc1ccccc1)NC(=O)[C@H](Cc1cnc[nH]1)NC(=O)/C=C/C=C/c1ccc2c(c1)OCO2. The van der Waals surface area contributed by atoms with E-state index in [1.165, 1.54) is 24.7 Å². The van der Waals surface area contributed by atoms with Crippen LogP contribution in [-0.4, -0.2) is 71.0 Å². The van der Waals surface area contributed by atoms with Gasteiger partial charge in [0.15, 0.2) is 17.5 Å². The van der Waals surface area contributed by atoms with Crippen LogP contribution < -0.4 is 42.6 Å². The number of benzene rings is 2. The number of aromatic amines is 1. The molecule has 15 heteroatoms. The lowest BCUT2D eigenvalue weighted by Gasteiger charge is -2.24. The first-order valence-electron chi connectivity index (χ1n) is 15.2. The molecule has 1 aliphatic heterocycles. The first-order chi connectivity index (χ1) is 23.2. The molecule has 2 heterocycles. The average Bonchev–Trinajstić information content (AvgIpc) is 3.76. The van der Waals surface area contributed by atoms with Gasteiger partial charge in [-0.2, -0.15) is 0 Å². The van der Waals surface area contributed by atoms with E-state index >= 15 is 0 Å². The highest BCUT2D eigenvalue weighted by atomic mass is 16.7. The molecule has 2 aromatic carbocycles. The van der Waals surface area contributed by atoms with Crippen LogP contribution in [0.4, 0.5) is 0 Å². The lowest BCUT2D eigenvalue weighted by molar-refractivity contribution is -0.132. The summed E-state index contributed by atoms with van der Waals surface area (Å²) in [6, 6.07) is 11.3. The number of hydrogen-bond donors (Lipinski definition) is 7. The number of primary amides is 1. The van der Waals surface area contributed by atoms with E-state index in [1.807, 2.05) is 18.2 Å². The molecule has 1 aliphatic rings. The third kappa shape index (κ3) is 11.0. The van der Waals surface area contributed by atoms with Crippen LogP contribution in [0.3, 0.4) is 0 Å². The zero-order chi connectivity index (χ0) is 34.3. The van der Waals surface area contributed by atoms with Gasteiger partial charge >= 0.3 is 0 Å². The van der Waals surface area contributed by atoms with Crippen molar-refractivity contribution in [3.05, 3.63) is 96.1 Å². The summed E-state index contributed by atoms with van der Waals surface area (Å²) < 4.78 is 10.7. The second-order valence-corrected chi connectivity index (χ2v) is 10.8. The lowest BCUT2D eigenvalue weighted by Crippen LogP contribution is -2.57. The van der Waals surface area contributed by atoms with E-state index in [1.54, 1.807) is 42.5 Å². The molecule has 0 saturated heterocycles. The molecule has 0 unspecified atom stereocenters. The zero-order valence-electron chi connectivity index (χ0n) is 26.1. The minimum Gasteiger partial charge on any atom is -0.454 e. The number of guanidine groups is 1. The topological polar surface area (TPSA) is 242 Å². The number of hydrogen-bond acceptors (Lipinski definition) is 8. The summed E-state index contributed by atoms with van der Waals surface area (Å²) in [6.07, 6.45) is 9.98. The van der Waals surface area contributed by atoms with Gasteiger partial charge in [-0.25, -0.2) is 4.98 Å². The molecule has 3 aromatic rings. The number of allylic oxidation sites excluding steroid dienone is 2.